The number of hydrogen-bond acceptors (Lipinski definition) is 5. The van der Waals surface area contributed by atoms with E-state index in [2.05, 4.69) is 12.6 Å². The molecule has 1 amide bonds. The van der Waals surface area contributed by atoms with Crippen molar-refractivity contribution in [3.63, 3.8) is 0 Å². The summed E-state index contributed by atoms with van der Waals surface area (Å²) < 4.78 is 11.8. The average molecular weight is 520 g/mol. The zero-order valence-corrected chi connectivity index (χ0v) is 23.4. The molecule has 0 aliphatic heterocycles. The van der Waals surface area contributed by atoms with Crippen molar-refractivity contribution in [2.45, 2.75) is 64.3 Å². The minimum Gasteiger partial charge on any atom is -0.458 e. The lowest BCUT2D eigenvalue weighted by atomic mass is 9.75. The van der Waals surface area contributed by atoms with Gasteiger partial charge < -0.3 is 9.47 Å². The fourth-order valence-corrected chi connectivity index (χ4v) is 4.71. The van der Waals surface area contributed by atoms with E-state index in [9.17, 15) is 9.59 Å². The highest BCUT2D eigenvalue weighted by atomic mass is 32.1. The van der Waals surface area contributed by atoms with E-state index in [4.69, 9.17) is 9.47 Å². The molecule has 0 aliphatic carbocycles. The molecule has 0 radical (unpaired) electrons. The second-order valence-electron chi connectivity index (χ2n) is 10.9. The number of thiol groups is 1. The van der Waals surface area contributed by atoms with Crippen molar-refractivity contribution >= 4 is 24.7 Å². The molecule has 0 saturated heterocycles. The first kappa shape index (κ1) is 28.3. The van der Waals surface area contributed by atoms with Gasteiger partial charge in [-0.1, -0.05) is 91.0 Å². The SMILES string of the molecule is CC(C)(C)OC(=O)[C@H](CS)N(C(=O)OC(C)(C)C)C(c1ccccc1)(c1ccccc1)c1ccccc1. The highest BCUT2D eigenvalue weighted by Crippen LogP contribution is 2.44. The van der Waals surface area contributed by atoms with Gasteiger partial charge in [-0.25, -0.2) is 9.59 Å². The normalized spacial score (nSPS) is 12.9. The number of benzene rings is 3. The van der Waals surface area contributed by atoms with Crippen LogP contribution in [0.4, 0.5) is 4.79 Å². The number of rotatable bonds is 7. The lowest BCUT2D eigenvalue weighted by Crippen LogP contribution is -2.60. The molecule has 0 aliphatic rings. The van der Waals surface area contributed by atoms with Gasteiger partial charge in [0.1, 0.15) is 22.8 Å². The Kier molecular flexibility index (Phi) is 8.75. The van der Waals surface area contributed by atoms with Crippen LogP contribution in [-0.4, -0.2) is 40.0 Å². The molecule has 0 bridgehead atoms. The topological polar surface area (TPSA) is 55.8 Å². The first-order chi connectivity index (χ1) is 17.4. The molecule has 3 rings (SSSR count). The van der Waals surface area contributed by atoms with Crippen LogP contribution >= 0.6 is 12.6 Å². The van der Waals surface area contributed by atoms with E-state index >= 15 is 0 Å². The van der Waals surface area contributed by atoms with Gasteiger partial charge in [0, 0.05) is 5.75 Å². The Bertz CT molecular complexity index is 1070. The predicted octanol–water partition coefficient (Wildman–Crippen LogP) is 6.86. The van der Waals surface area contributed by atoms with Crippen molar-refractivity contribution in [2.24, 2.45) is 0 Å². The molecule has 196 valence electrons. The Morgan fingerprint density at radius 1 is 0.676 bits per heavy atom. The Morgan fingerprint density at radius 3 is 1.32 bits per heavy atom. The minimum atomic E-state index is -1.23. The van der Waals surface area contributed by atoms with Gasteiger partial charge in [-0.15, -0.1) is 0 Å². The van der Waals surface area contributed by atoms with Gasteiger partial charge in [-0.3, -0.25) is 4.90 Å². The summed E-state index contributed by atoms with van der Waals surface area (Å²) in [6.07, 6.45) is -0.644. The summed E-state index contributed by atoms with van der Waals surface area (Å²) in [7, 11) is 0. The molecular weight excluding hydrogens is 482 g/mol. The van der Waals surface area contributed by atoms with Crippen molar-refractivity contribution in [3.8, 4) is 0 Å². The van der Waals surface area contributed by atoms with Crippen LogP contribution in [0.3, 0.4) is 0 Å². The summed E-state index contributed by atoms with van der Waals surface area (Å²) in [5.74, 6) is -0.525. The Hall–Kier alpha value is -3.25. The number of ether oxygens (including phenoxy) is 2. The maximum Gasteiger partial charge on any atom is 0.412 e. The van der Waals surface area contributed by atoms with Gasteiger partial charge in [-0.05, 0) is 58.2 Å². The van der Waals surface area contributed by atoms with Crippen LogP contribution in [0.15, 0.2) is 91.0 Å². The maximum atomic E-state index is 14.3. The zero-order chi connectivity index (χ0) is 27.3. The number of nitrogens with zero attached hydrogens (tertiary/aromatic N) is 1. The summed E-state index contributed by atoms with van der Waals surface area (Å²) in [4.78, 5) is 29.5. The van der Waals surface area contributed by atoms with Crippen LogP contribution in [0, 0.1) is 0 Å². The lowest BCUT2D eigenvalue weighted by molar-refractivity contribution is -0.161. The lowest BCUT2D eigenvalue weighted by Gasteiger charge is -2.48. The fraction of sp³-hybridized carbons (Fsp3) is 0.355. The largest absolute Gasteiger partial charge is 0.458 e. The highest BCUT2D eigenvalue weighted by Gasteiger charge is 2.51. The number of carbonyl (C=O) groups is 2. The number of esters is 1. The van der Waals surface area contributed by atoms with Crippen LogP contribution in [0.1, 0.15) is 58.2 Å². The third-order valence-electron chi connectivity index (χ3n) is 5.69. The zero-order valence-electron chi connectivity index (χ0n) is 22.5. The van der Waals surface area contributed by atoms with Gasteiger partial charge in [0.15, 0.2) is 0 Å². The molecule has 1 atom stereocenters. The third-order valence-corrected chi connectivity index (χ3v) is 6.04. The summed E-state index contributed by atoms with van der Waals surface area (Å²) in [6, 6.07) is 28.0. The summed E-state index contributed by atoms with van der Waals surface area (Å²) in [5.41, 5.74) is -0.389. The van der Waals surface area contributed by atoms with Crippen molar-refractivity contribution in [1.82, 2.24) is 4.90 Å². The van der Waals surface area contributed by atoms with Crippen LogP contribution in [0.5, 0.6) is 0 Å². The number of amides is 1. The quantitative estimate of drug-likeness (QED) is 0.211. The van der Waals surface area contributed by atoms with Crippen molar-refractivity contribution < 1.29 is 19.1 Å². The maximum absolute atomic E-state index is 14.3. The van der Waals surface area contributed by atoms with Gasteiger partial charge in [0.25, 0.3) is 0 Å². The molecule has 0 unspecified atom stereocenters. The fourth-order valence-electron chi connectivity index (χ4n) is 4.40. The molecule has 0 aromatic heterocycles. The second-order valence-corrected chi connectivity index (χ2v) is 11.3. The highest BCUT2D eigenvalue weighted by molar-refractivity contribution is 7.80. The van der Waals surface area contributed by atoms with E-state index in [-0.39, 0.29) is 5.75 Å². The molecule has 0 saturated carbocycles. The summed E-state index contributed by atoms with van der Waals surface area (Å²) in [6.45, 7) is 10.8. The molecule has 5 nitrogen and oxygen atoms in total. The molecule has 6 heteroatoms. The molecule has 3 aromatic carbocycles. The van der Waals surface area contributed by atoms with Crippen LogP contribution < -0.4 is 0 Å². The van der Waals surface area contributed by atoms with E-state index in [0.29, 0.717) is 0 Å². The number of hydrogen-bond donors (Lipinski definition) is 1. The van der Waals surface area contributed by atoms with Crippen molar-refractivity contribution in [3.05, 3.63) is 108 Å². The first-order valence-electron chi connectivity index (χ1n) is 12.4. The molecule has 37 heavy (non-hydrogen) atoms. The van der Waals surface area contributed by atoms with Crippen molar-refractivity contribution in [2.75, 3.05) is 5.75 Å². The van der Waals surface area contributed by atoms with Crippen LogP contribution in [-0.2, 0) is 19.8 Å². The van der Waals surface area contributed by atoms with E-state index in [1.165, 1.54) is 4.90 Å². The van der Waals surface area contributed by atoms with Gasteiger partial charge >= 0.3 is 12.1 Å². The first-order valence-corrected chi connectivity index (χ1v) is 13.1. The van der Waals surface area contributed by atoms with Crippen molar-refractivity contribution in [1.29, 1.82) is 0 Å². The minimum absolute atomic E-state index is 0.0302. The molecule has 0 fully saturated rings. The Balaban J connectivity index is 2.45. The van der Waals surface area contributed by atoms with Gasteiger partial charge in [-0.2, -0.15) is 12.6 Å². The predicted molar refractivity (Wildman–Crippen MR) is 151 cm³/mol. The van der Waals surface area contributed by atoms with E-state index < -0.39 is 34.8 Å². The smallest absolute Gasteiger partial charge is 0.412 e. The monoisotopic (exact) mass is 519 g/mol. The summed E-state index contributed by atoms with van der Waals surface area (Å²) >= 11 is 4.57. The third kappa shape index (κ3) is 6.55. The standard InChI is InChI=1S/C31H37NO4S/c1-29(2,3)35-27(33)26(22-37)32(28(34)36-30(4,5)6)31(23-16-10-7-11-17-23,24-18-12-8-13-19-24)25-20-14-9-15-21-25/h7-21,26,37H,22H2,1-6H3/t26-/m0/s1. The summed E-state index contributed by atoms with van der Waals surface area (Å²) in [5, 5.41) is 0. The molecule has 0 spiro atoms. The van der Waals surface area contributed by atoms with Crippen LogP contribution in [0.25, 0.3) is 0 Å². The molecular formula is C31H37NO4S. The van der Waals surface area contributed by atoms with E-state index in [0.717, 1.165) is 16.7 Å². The molecule has 0 heterocycles. The number of carbonyl (C=O) groups excluding carboxylic acids is 2. The van der Waals surface area contributed by atoms with E-state index in [1.54, 1.807) is 20.8 Å². The average Bonchev–Trinajstić information content (AvgIpc) is 2.84. The Morgan fingerprint density at radius 2 is 1.03 bits per heavy atom. The van der Waals surface area contributed by atoms with Gasteiger partial charge in [0.2, 0.25) is 0 Å². The van der Waals surface area contributed by atoms with Crippen LogP contribution in [0.2, 0.25) is 0 Å². The molecule has 0 N–H and O–H groups in total. The van der Waals surface area contributed by atoms with Gasteiger partial charge in [0.05, 0.1) is 0 Å². The molecule has 3 aromatic rings. The van der Waals surface area contributed by atoms with E-state index in [1.807, 2.05) is 112 Å². The second kappa shape index (κ2) is 11.4. The Labute approximate surface area is 226 Å².